The van der Waals surface area contributed by atoms with Crippen LogP contribution >= 0.6 is 22.9 Å². The summed E-state index contributed by atoms with van der Waals surface area (Å²) in [6, 6.07) is 0. The molecule has 1 atom stereocenters. The van der Waals surface area contributed by atoms with E-state index in [1.807, 2.05) is 0 Å². The minimum Gasteiger partial charge on any atom is -0.367 e. The van der Waals surface area contributed by atoms with Crippen LogP contribution in [0.1, 0.15) is 32.3 Å². The topological polar surface area (TPSA) is 37.8 Å². The van der Waals surface area contributed by atoms with Crippen molar-refractivity contribution < 1.29 is 0 Å². The minimum atomic E-state index is 0.140. The van der Waals surface area contributed by atoms with E-state index in [1.165, 1.54) is 5.56 Å². The van der Waals surface area contributed by atoms with Crippen molar-refractivity contribution in [2.45, 2.75) is 39.0 Å². The highest BCUT2D eigenvalue weighted by molar-refractivity contribution is 7.18. The van der Waals surface area contributed by atoms with Gasteiger partial charge in [0, 0.05) is 6.54 Å². The molecule has 3 nitrogen and oxygen atoms in total. The molecule has 0 saturated carbocycles. The maximum Gasteiger partial charge on any atom is 0.147 e. The predicted octanol–water partition coefficient (Wildman–Crippen LogP) is 4.46. The van der Waals surface area contributed by atoms with Crippen molar-refractivity contribution in [2.75, 3.05) is 11.9 Å². The molecule has 1 unspecified atom stereocenters. The van der Waals surface area contributed by atoms with Gasteiger partial charge in [-0.1, -0.05) is 26.7 Å². The molecule has 2 aromatic heterocycles. The van der Waals surface area contributed by atoms with Crippen LogP contribution in [0.3, 0.4) is 0 Å². The monoisotopic (exact) mass is 297 g/mol. The van der Waals surface area contributed by atoms with Crippen molar-refractivity contribution in [3.05, 3.63) is 17.3 Å². The molecule has 104 valence electrons. The van der Waals surface area contributed by atoms with Gasteiger partial charge in [0.15, 0.2) is 0 Å². The van der Waals surface area contributed by atoms with E-state index in [2.05, 4.69) is 41.4 Å². The van der Waals surface area contributed by atoms with Gasteiger partial charge in [-0.25, -0.2) is 9.97 Å². The Balaban J connectivity index is 2.09. The number of hydrogen-bond acceptors (Lipinski definition) is 4. The van der Waals surface area contributed by atoms with E-state index in [9.17, 15) is 0 Å². The van der Waals surface area contributed by atoms with Crippen LogP contribution in [-0.4, -0.2) is 21.9 Å². The predicted molar refractivity (Wildman–Crippen MR) is 84.4 cm³/mol. The molecule has 2 heterocycles. The van der Waals surface area contributed by atoms with E-state index < -0.39 is 0 Å². The van der Waals surface area contributed by atoms with E-state index in [0.717, 1.165) is 35.4 Å². The second-order valence-corrected chi connectivity index (χ2v) is 6.23. The molecule has 0 aliphatic heterocycles. The zero-order valence-corrected chi connectivity index (χ0v) is 13.2. The highest BCUT2D eigenvalue weighted by atomic mass is 35.5. The standard InChI is InChI=1S/C14H20ClN3S/c1-4-10(5-2)11(15)6-16-14-13-12(17-8-18-14)9(3)7-19-13/h7-8,10-11H,4-6H2,1-3H3,(H,16,17,18). The van der Waals surface area contributed by atoms with Gasteiger partial charge < -0.3 is 5.32 Å². The molecule has 19 heavy (non-hydrogen) atoms. The molecular formula is C14H20ClN3S. The number of aryl methyl sites for hydroxylation is 1. The van der Waals surface area contributed by atoms with Gasteiger partial charge in [0.1, 0.15) is 12.1 Å². The van der Waals surface area contributed by atoms with Gasteiger partial charge in [0.2, 0.25) is 0 Å². The molecule has 0 aliphatic rings. The number of rotatable bonds is 6. The summed E-state index contributed by atoms with van der Waals surface area (Å²) in [7, 11) is 0. The molecule has 0 aromatic carbocycles. The van der Waals surface area contributed by atoms with Crippen LogP contribution in [0, 0.1) is 12.8 Å². The Morgan fingerprint density at radius 2 is 2.05 bits per heavy atom. The maximum absolute atomic E-state index is 6.45. The van der Waals surface area contributed by atoms with Gasteiger partial charge in [-0.05, 0) is 23.8 Å². The van der Waals surface area contributed by atoms with E-state index in [1.54, 1.807) is 17.7 Å². The molecule has 0 saturated heterocycles. The van der Waals surface area contributed by atoms with Gasteiger partial charge in [0.25, 0.3) is 0 Å². The van der Waals surface area contributed by atoms with Gasteiger partial charge in [-0.2, -0.15) is 0 Å². The van der Waals surface area contributed by atoms with Crippen molar-refractivity contribution in [1.29, 1.82) is 0 Å². The fraction of sp³-hybridized carbons (Fsp3) is 0.571. The summed E-state index contributed by atoms with van der Waals surface area (Å²) < 4.78 is 1.12. The van der Waals surface area contributed by atoms with Crippen molar-refractivity contribution >= 4 is 39.0 Å². The molecule has 0 aliphatic carbocycles. The third-order valence-electron chi connectivity index (χ3n) is 3.56. The summed E-state index contributed by atoms with van der Waals surface area (Å²) in [5, 5.41) is 5.63. The van der Waals surface area contributed by atoms with Gasteiger partial charge in [-0.15, -0.1) is 22.9 Å². The first-order valence-electron chi connectivity index (χ1n) is 6.74. The zero-order chi connectivity index (χ0) is 13.8. The second kappa shape index (κ2) is 6.53. The smallest absolute Gasteiger partial charge is 0.147 e. The molecule has 1 N–H and O–H groups in total. The van der Waals surface area contributed by atoms with Gasteiger partial charge in [0.05, 0.1) is 15.6 Å². The van der Waals surface area contributed by atoms with E-state index in [4.69, 9.17) is 11.6 Å². The van der Waals surface area contributed by atoms with Crippen LogP contribution in [0.5, 0.6) is 0 Å². The van der Waals surface area contributed by atoms with Crippen LogP contribution in [0.4, 0.5) is 5.82 Å². The Labute approximate surface area is 123 Å². The van der Waals surface area contributed by atoms with E-state index >= 15 is 0 Å². The lowest BCUT2D eigenvalue weighted by Gasteiger charge is -2.19. The quantitative estimate of drug-likeness (QED) is 0.800. The molecular weight excluding hydrogens is 278 g/mol. The number of aromatic nitrogens is 2. The molecule has 0 amide bonds. The highest BCUT2D eigenvalue weighted by Gasteiger charge is 2.16. The summed E-state index contributed by atoms with van der Waals surface area (Å²) >= 11 is 8.13. The Kier molecular flexibility index (Phi) is 4.99. The lowest BCUT2D eigenvalue weighted by atomic mass is 9.99. The van der Waals surface area contributed by atoms with E-state index in [-0.39, 0.29) is 5.38 Å². The zero-order valence-electron chi connectivity index (χ0n) is 11.6. The van der Waals surface area contributed by atoms with E-state index in [0.29, 0.717) is 5.92 Å². The molecule has 0 spiro atoms. The van der Waals surface area contributed by atoms with Crippen molar-refractivity contribution in [2.24, 2.45) is 5.92 Å². The number of nitrogens with zero attached hydrogens (tertiary/aromatic N) is 2. The minimum absolute atomic E-state index is 0.140. The number of halogens is 1. The van der Waals surface area contributed by atoms with Crippen LogP contribution in [-0.2, 0) is 0 Å². The average molecular weight is 298 g/mol. The first kappa shape index (κ1) is 14.5. The fourth-order valence-corrected chi connectivity index (χ4v) is 3.66. The number of fused-ring (bicyclic) bond motifs is 1. The number of nitrogens with one attached hydrogen (secondary N) is 1. The fourth-order valence-electron chi connectivity index (χ4n) is 2.26. The SMILES string of the molecule is CCC(CC)C(Cl)CNc1ncnc2c(C)csc12. The first-order valence-corrected chi connectivity index (χ1v) is 8.05. The molecule has 5 heteroatoms. The molecule has 2 aromatic rings. The summed E-state index contributed by atoms with van der Waals surface area (Å²) in [5.74, 6) is 1.45. The Morgan fingerprint density at radius 3 is 2.74 bits per heavy atom. The second-order valence-electron chi connectivity index (χ2n) is 4.79. The normalized spacial score (nSPS) is 13.1. The van der Waals surface area contributed by atoms with Crippen LogP contribution in [0.15, 0.2) is 11.7 Å². The lowest BCUT2D eigenvalue weighted by molar-refractivity contribution is 0.475. The Hall–Kier alpha value is -0.870. The summed E-state index contributed by atoms with van der Waals surface area (Å²) in [4.78, 5) is 8.65. The third kappa shape index (κ3) is 3.18. The molecule has 0 bridgehead atoms. The number of anilines is 1. The lowest BCUT2D eigenvalue weighted by Crippen LogP contribution is -2.23. The Bertz CT molecular complexity index is 536. The Morgan fingerprint density at radius 1 is 1.32 bits per heavy atom. The summed E-state index contributed by atoms with van der Waals surface area (Å²) in [6.07, 6.45) is 3.85. The maximum atomic E-state index is 6.45. The van der Waals surface area contributed by atoms with Gasteiger partial charge >= 0.3 is 0 Å². The number of alkyl halides is 1. The van der Waals surface area contributed by atoms with Crippen LogP contribution in [0.25, 0.3) is 10.2 Å². The summed E-state index contributed by atoms with van der Waals surface area (Å²) in [5.41, 5.74) is 2.24. The van der Waals surface area contributed by atoms with Crippen molar-refractivity contribution in [3.63, 3.8) is 0 Å². The van der Waals surface area contributed by atoms with Crippen molar-refractivity contribution in [1.82, 2.24) is 9.97 Å². The van der Waals surface area contributed by atoms with Crippen molar-refractivity contribution in [3.8, 4) is 0 Å². The van der Waals surface area contributed by atoms with Crippen LogP contribution < -0.4 is 5.32 Å². The first-order chi connectivity index (χ1) is 9.17. The molecule has 2 rings (SSSR count). The largest absolute Gasteiger partial charge is 0.367 e. The molecule has 0 fully saturated rings. The number of thiophene rings is 1. The molecule has 0 radical (unpaired) electrons. The van der Waals surface area contributed by atoms with Gasteiger partial charge in [-0.3, -0.25) is 0 Å². The summed E-state index contributed by atoms with van der Waals surface area (Å²) in [6.45, 7) is 7.20. The highest BCUT2D eigenvalue weighted by Crippen LogP contribution is 2.29. The van der Waals surface area contributed by atoms with Crippen LogP contribution in [0.2, 0.25) is 0 Å². The third-order valence-corrected chi connectivity index (χ3v) is 5.16. The average Bonchev–Trinajstić information content (AvgIpc) is 2.80. The number of hydrogen-bond donors (Lipinski definition) is 1.